The molecule has 1 fully saturated rings. The zero-order valence-electron chi connectivity index (χ0n) is 23.1. The second-order valence-electron chi connectivity index (χ2n) is 10.4. The number of ether oxygens (including phenoxy) is 2. The molecule has 2 amide bonds. The SMILES string of the molecule is C[C@H](C(=O)NC1CCCCC1)N(Cc1ccccc1Cl)C(=O)CCCN(c1ccc2c(c1)OCCO2)S(C)(=O)=O. The second kappa shape index (κ2) is 13.6. The van der Waals surface area contributed by atoms with E-state index in [1.54, 1.807) is 31.2 Å². The van der Waals surface area contributed by atoms with Gasteiger partial charge in [0, 0.05) is 36.6 Å². The molecular weight excluding hydrogens is 554 g/mol. The number of rotatable bonds is 11. The molecule has 2 aromatic carbocycles. The molecule has 11 heteroatoms. The normalized spacial score (nSPS) is 16.2. The van der Waals surface area contributed by atoms with E-state index in [9.17, 15) is 18.0 Å². The van der Waals surface area contributed by atoms with Gasteiger partial charge in [0.1, 0.15) is 19.3 Å². The van der Waals surface area contributed by atoms with Gasteiger partial charge in [0.15, 0.2) is 11.5 Å². The number of nitrogens with zero attached hydrogens (tertiary/aromatic N) is 2. The highest BCUT2D eigenvalue weighted by atomic mass is 35.5. The number of carbonyl (C=O) groups excluding carboxylic acids is 2. The summed E-state index contributed by atoms with van der Waals surface area (Å²) in [5.74, 6) is 0.606. The van der Waals surface area contributed by atoms with Crippen LogP contribution < -0.4 is 19.1 Å². The van der Waals surface area contributed by atoms with Crippen LogP contribution in [0.3, 0.4) is 0 Å². The third-order valence-corrected chi connectivity index (χ3v) is 8.95. The quantitative estimate of drug-likeness (QED) is 0.412. The maximum absolute atomic E-state index is 13.6. The third kappa shape index (κ3) is 7.81. The molecule has 0 saturated heterocycles. The Balaban J connectivity index is 1.46. The second-order valence-corrected chi connectivity index (χ2v) is 12.7. The van der Waals surface area contributed by atoms with Gasteiger partial charge in [0.2, 0.25) is 21.8 Å². The zero-order valence-corrected chi connectivity index (χ0v) is 24.7. The van der Waals surface area contributed by atoms with E-state index in [1.807, 2.05) is 18.2 Å². The fourth-order valence-electron chi connectivity index (χ4n) is 5.15. The van der Waals surface area contributed by atoms with E-state index < -0.39 is 16.1 Å². The first-order valence-corrected chi connectivity index (χ1v) is 16.1. The van der Waals surface area contributed by atoms with Gasteiger partial charge in [0.25, 0.3) is 0 Å². The standard InChI is InChI=1S/C29H38ClN3O6S/c1-21(29(35)31-23-10-4-3-5-11-23)32(20-22-9-6-7-12-25(22)30)28(34)13-8-16-33(40(2,36)37)24-14-15-26-27(19-24)39-18-17-38-26/h6-7,9,12,14-15,19,21,23H,3-5,8,10-11,13,16-18,20H2,1-2H3,(H,31,35)/t21-/m1/s1. The summed E-state index contributed by atoms with van der Waals surface area (Å²) in [7, 11) is -3.63. The molecule has 218 valence electrons. The smallest absolute Gasteiger partial charge is 0.242 e. The molecule has 0 radical (unpaired) electrons. The molecule has 1 heterocycles. The van der Waals surface area contributed by atoms with Crippen molar-refractivity contribution in [2.45, 2.75) is 70.5 Å². The number of amides is 2. The monoisotopic (exact) mass is 591 g/mol. The first-order valence-electron chi connectivity index (χ1n) is 13.8. The van der Waals surface area contributed by atoms with Crippen molar-refractivity contribution in [3.63, 3.8) is 0 Å². The van der Waals surface area contributed by atoms with Crippen molar-refractivity contribution in [2.24, 2.45) is 0 Å². The Hall–Kier alpha value is -2.98. The van der Waals surface area contributed by atoms with Gasteiger partial charge in [-0.25, -0.2) is 8.42 Å². The summed E-state index contributed by atoms with van der Waals surface area (Å²) in [6.45, 7) is 2.82. The van der Waals surface area contributed by atoms with Crippen molar-refractivity contribution in [1.82, 2.24) is 10.2 Å². The van der Waals surface area contributed by atoms with E-state index in [1.165, 1.54) is 15.6 Å². The number of anilines is 1. The molecule has 2 aliphatic rings. The fourth-order valence-corrected chi connectivity index (χ4v) is 6.31. The van der Waals surface area contributed by atoms with Gasteiger partial charge in [-0.1, -0.05) is 49.1 Å². The molecule has 40 heavy (non-hydrogen) atoms. The Morgan fingerprint density at radius 2 is 1.75 bits per heavy atom. The summed E-state index contributed by atoms with van der Waals surface area (Å²) in [5.41, 5.74) is 1.18. The van der Waals surface area contributed by atoms with Gasteiger partial charge in [-0.3, -0.25) is 13.9 Å². The summed E-state index contributed by atoms with van der Waals surface area (Å²) in [5, 5.41) is 3.64. The Labute approximate surface area is 241 Å². The Bertz CT molecular complexity index is 1300. The van der Waals surface area contributed by atoms with Crippen LogP contribution in [0.25, 0.3) is 0 Å². The predicted molar refractivity (Wildman–Crippen MR) is 155 cm³/mol. The molecule has 0 spiro atoms. The highest BCUT2D eigenvalue weighted by Crippen LogP contribution is 2.35. The third-order valence-electron chi connectivity index (χ3n) is 7.38. The average molecular weight is 592 g/mol. The van der Waals surface area contributed by atoms with Crippen LogP contribution in [0.2, 0.25) is 5.02 Å². The van der Waals surface area contributed by atoms with E-state index in [-0.39, 0.29) is 43.8 Å². The molecule has 4 rings (SSSR count). The zero-order chi connectivity index (χ0) is 28.7. The van der Waals surface area contributed by atoms with Gasteiger partial charge >= 0.3 is 0 Å². The predicted octanol–water partition coefficient (Wildman–Crippen LogP) is 4.52. The van der Waals surface area contributed by atoms with Crippen LogP contribution in [0.4, 0.5) is 5.69 Å². The number of sulfonamides is 1. The number of hydrogen-bond acceptors (Lipinski definition) is 6. The summed E-state index contributed by atoms with van der Waals surface area (Å²) in [4.78, 5) is 28.3. The van der Waals surface area contributed by atoms with Crippen LogP contribution in [0.5, 0.6) is 11.5 Å². The lowest BCUT2D eigenvalue weighted by Crippen LogP contribution is -2.50. The van der Waals surface area contributed by atoms with E-state index in [0.29, 0.717) is 35.4 Å². The van der Waals surface area contributed by atoms with Crippen LogP contribution in [0.1, 0.15) is 57.4 Å². The molecule has 1 aliphatic heterocycles. The van der Waals surface area contributed by atoms with Crippen molar-refractivity contribution in [1.29, 1.82) is 0 Å². The number of carbonyl (C=O) groups is 2. The van der Waals surface area contributed by atoms with Crippen LogP contribution in [0.15, 0.2) is 42.5 Å². The first-order chi connectivity index (χ1) is 19.1. The minimum Gasteiger partial charge on any atom is -0.486 e. The van der Waals surface area contributed by atoms with Gasteiger partial charge in [0.05, 0.1) is 11.9 Å². The topological polar surface area (TPSA) is 105 Å². The highest BCUT2D eigenvalue weighted by molar-refractivity contribution is 7.92. The molecule has 0 unspecified atom stereocenters. The molecule has 9 nitrogen and oxygen atoms in total. The van der Waals surface area contributed by atoms with Crippen molar-refractivity contribution in [2.75, 3.05) is 30.3 Å². The van der Waals surface area contributed by atoms with Crippen molar-refractivity contribution in [3.05, 3.63) is 53.1 Å². The summed E-state index contributed by atoms with van der Waals surface area (Å²) >= 11 is 6.40. The lowest BCUT2D eigenvalue weighted by molar-refractivity contribution is -0.141. The lowest BCUT2D eigenvalue weighted by Gasteiger charge is -2.32. The van der Waals surface area contributed by atoms with E-state index in [2.05, 4.69) is 5.32 Å². The van der Waals surface area contributed by atoms with Crippen LogP contribution >= 0.6 is 11.6 Å². The summed E-state index contributed by atoms with van der Waals surface area (Å²) in [6.07, 6.45) is 6.68. The van der Waals surface area contributed by atoms with E-state index >= 15 is 0 Å². The number of benzene rings is 2. The van der Waals surface area contributed by atoms with Gasteiger partial charge in [-0.15, -0.1) is 0 Å². The number of hydrogen-bond donors (Lipinski definition) is 1. The van der Waals surface area contributed by atoms with Crippen molar-refractivity contribution < 1.29 is 27.5 Å². The maximum Gasteiger partial charge on any atom is 0.242 e. The number of fused-ring (bicyclic) bond motifs is 1. The summed E-state index contributed by atoms with van der Waals surface area (Å²) in [6, 6.07) is 11.6. The van der Waals surface area contributed by atoms with Crippen LogP contribution in [-0.2, 0) is 26.2 Å². The highest BCUT2D eigenvalue weighted by Gasteiger charge is 2.29. The molecule has 1 saturated carbocycles. The van der Waals surface area contributed by atoms with Crippen LogP contribution in [0, 0.1) is 0 Å². The molecule has 1 aliphatic carbocycles. The van der Waals surface area contributed by atoms with Gasteiger partial charge in [-0.05, 0) is 49.9 Å². The summed E-state index contributed by atoms with van der Waals surface area (Å²) < 4.78 is 37.8. The fraction of sp³-hybridized carbons (Fsp3) is 0.517. The van der Waals surface area contributed by atoms with Crippen molar-refractivity contribution >= 4 is 39.1 Å². The average Bonchev–Trinajstić information content (AvgIpc) is 2.94. The minimum atomic E-state index is -3.63. The molecule has 0 bridgehead atoms. The molecule has 1 N–H and O–H groups in total. The van der Waals surface area contributed by atoms with Crippen molar-refractivity contribution in [3.8, 4) is 11.5 Å². The maximum atomic E-state index is 13.6. The molecular formula is C29H38ClN3O6S. The Kier molecular flexibility index (Phi) is 10.2. The van der Waals surface area contributed by atoms with Gasteiger partial charge < -0.3 is 19.7 Å². The van der Waals surface area contributed by atoms with E-state index in [4.69, 9.17) is 21.1 Å². The van der Waals surface area contributed by atoms with Gasteiger partial charge in [-0.2, -0.15) is 0 Å². The number of halogens is 1. The molecule has 0 aromatic heterocycles. The molecule has 2 aromatic rings. The number of nitrogens with one attached hydrogen (secondary N) is 1. The lowest BCUT2D eigenvalue weighted by atomic mass is 9.95. The Morgan fingerprint density at radius 3 is 2.45 bits per heavy atom. The minimum absolute atomic E-state index is 0.0576. The largest absolute Gasteiger partial charge is 0.486 e. The molecule has 1 atom stereocenters. The Morgan fingerprint density at radius 1 is 1.05 bits per heavy atom. The van der Waals surface area contributed by atoms with E-state index in [0.717, 1.165) is 37.5 Å². The first kappa shape index (κ1) is 30.0. The van der Waals surface area contributed by atoms with Crippen LogP contribution in [-0.4, -0.2) is 63.2 Å².